The van der Waals surface area contributed by atoms with E-state index in [1.54, 1.807) is 0 Å². The van der Waals surface area contributed by atoms with Crippen LogP contribution in [0.5, 0.6) is 0 Å². The van der Waals surface area contributed by atoms with Crippen molar-refractivity contribution in [1.29, 1.82) is 0 Å². The molecule has 2 aliphatic rings. The number of pyridine rings is 1. The minimum Gasteiger partial charge on any atom is -0.327 e. The number of rotatable bonds is 1. The molecule has 0 bridgehead atoms. The summed E-state index contributed by atoms with van der Waals surface area (Å²) in [7, 11) is 0. The highest BCUT2D eigenvalue weighted by Gasteiger charge is 2.22. The second-order valence-corrected chi connectivity index (χ2v) is 6.07. The van der Waals surface area contributed by atoms with Crippen LogP contribution in [0.2, 0.25) is 0 Å². The Morgan fingerprint density at radius 3 is 3.06 bits per heavy atom. The third-order valence-corrected chi connectivity index (χ3v) is 4.82. The van der Waals surface area contributed by atoms with Crippen molar-refractivity contribution in [3.63, 3.8) is 0 Å². The van der Waals surface area contributed by atoms with Gasteiger partial charge in [-0.15, -0.1) is 0 Å². The molecular formula is C13H18N2S. The lowest BCUT2D eigenvalue weighted by atomic mass is 10.00. The molecule has 2 unspecified atom stereocenters. The molecule has 1 saturated heterocycles. The highest BCUT2D eigenvalue weighted by atomic mass is 32.2. The van der Waals surface area contributed by atoms with Gasteiger partial charge in [0.05, 0.1) is 0 Å². The summed E-state index contributed by atoms with van der Waals surface area (Å²) < 4.78 is 0. The minimum absolute atomic E-state index is 0.304. The maximum Gasteiger partial charge on any atom is 0.0455 e. The summed E-state index contributed by atoms with van der Waals surface area (Å²) in [4.78, 5) is 4.83. The zero-order chi connectivity index (χ0) is 11.0. The standard InChI is InChI=1S/C13H18N2S/c14-11-6-9-3-4-12(15-13(9)7-11)10-2-1-5-16-8-10/h3-4,10-11H,1-2,5-8,14H2. The summed E-state index contributed by atoms with van der Waals surface area (Å²) in [5.41, 5.74) is 9.91. The molecule has 3 heteroatoms. The summed E-state index contributed by atoms with van der Waals surface area (Å²) in [6.45, 7) is 0. The Labute approximate surface area is 101 Å². The molecule has 1 aromatic rings. The maximum absolute atomic E-state index is 5.97. The Morgan fingerprint density at radius 1 is 1.31 bits per heavy atom. The molecule has 1 fully saturated rings. The maximum atomic E-state index is 5.97. The topological polar surface area (TPSA) is 38.9 Å². The molecule has 1 aliphatic heterocycles. The number of hydrogen-bond acceptors (Lipinski definition) is 3. The first-order chi connectivity index (χ1) is 7.83. The zero-order valence-electron chi connectivity index (χ0n) is 9.48. The van der Waals surface area contributed by atoms with Gasteiger partial charge in [0.25, 0.3) is 0 Å². The van der Waals surface area contributed by atoms with Gasteiger partial charge in [-0.25, -0.2) is 0 Å². The van der Waals surface area contributed by atoms with Crippen LogP contribution < -0.4 is 5.73 Å². The van der Waals surface area contributed by atoms with Crippen LogP contribution in [0.15, 0.2) is 12.1 Å². The van der Waals surface area contributed by atoms with Gasteiger partial charge in [-0.05, 0) is 36.6 Å². The lowest BCUT2D eigenvalue weighted by Gasteiger charge is -2.21. The first-order valence-electron chi connectivity index (χ1n) is 6.15. The lowest BCUT2D eigenvalue weighted by molar-refractivity contribution is 0.639. The van der Waals surface area contributed by atoms with E-state index in [0.717, 1.165) is 12.8 Å². The summed E-state index contributed by atoms with van der Waals surface area (Å²) in [5, 5.41) is 0. The van der Waals surface area contributed by atoms with Gasteiger partial charge in [0, 0.05) is 35.5 Å². The summed E-state index contributed by atoms with van der Waals surface area (Å²) in [5.74, 6) is 3.25. The number of aromatic nitrogens is 1. The van der Waals surface area contributed by atoms with Crippen LogP contribution in [-0.2, 0) is 12.8 Å². The third-order valence-electron chi connectivity index (χ3n) is 3.61. The average molecular weight is 234 g/mol. The first-order valence-corrected chi connectivity index (χ1v) is 7.30. The second-order valence-electron chi connectivity index (χ2n) is 4.92. The fraction of sp³-hybridized carbons (Fsp3) is 0.615. The summed E-state index contributed by atoms with van der Waals surface area (Å²) in [6.07, 6.45) is 4.64. The van der Waals surface area contributed by atoms with E-state index in [4.69, 9.17) is 10.7 Å². The molecule has 3 rings (SSSR count). The fourth-order valence-electron chi connectivity index (χ4n) is 2.71. The summed E-state index contributed by atoms with van der Waals surface area (Å²) in [6, 6.07) is 4.79. The van der Waals surface area contributed by atoms with E-state index >= 15 is 0 Å². The molecular weight excluding hydrogens is 216 g/mol. The molecule has 0 saturated carbocycles. The average Bonchev–Trinajstić information content (AvgIpc) is 2.69. The van der Waals surface area contributed by atoms with Gasteiger partial charge in [-0.2, -0.15) is 11.8 Å². The lowest BCUT2D eigenvalue weighted by Crippen LogP contribution is -2.19. The fourth-order valence-corrected chi connectivity index (χ4v) is 3.87. The first kappa shape index (κ1) is 10.6. The smallest absolute Gasteiger partial charge is 0.0455 e. The van der Waals surface area contributed by atoms with Crippen molar-refractivity contribution in [3.05, 3.63) is 29.1 Å². The molecule has 2 heterocycles. The van der Waals surface area contributed by atoms with Gasteiger partial charge in [0.2, 0.25) is 0 Å². The van der Waals surface area contributed by atoms with E-state index in [2.05, 4.69) is 23.9 Å². The Kier molecular flexibility index (Phi) is 2.90. The molecule has 0 aromatic carbocycles. The van der Waals surface area contributed by atoms with Gasteiger partial charge in [-0.1, -0.05) is 6.07 Å². The Hall–Kier alpha value is -0.540. The van der Waals surface area contributed by atoms with E-state index < -0.39 is 0 Å². The SMILES string of the molecule is NC1Cc2ccc(C3CCCSC3)nc2C1. The van der Waals surface area contributed by atoms with Crippen LogP contribution in [0.4, 0.5) is 0 Å². The van der Waals surface area contributed by atoms with Gasteiger partial charge in [0.15, 0.2) is 0 Å². The molecule has 0 amide bonds. The van der Waals surface area contributed by atoms with Crippen LogP contribution in [-0.4, -0.2) is 22.5 Å². The van der Waals surface area contributed by atoms with Crippen LogP contribution >= 0.6 is 11.8 Å². The van der Waals surface area contributed by atoms with E-state index in [-0.39, 0.29) is 0 Å². The van der Waals surface area contributed by atoms with Crippen molar-refractivity contribution in [3.8, 4) is 0 Å². The number of hydrogen-bond donors (Lipinski definition) is 1. The Bertz CT molecular complexity index is 386. The van der Waals surface area contributed by atoms with Crippen molar-refractivity contribution in [2.45, 2.75) is 37.6 Å². The van der Waals surface area contributed by atoms with Crippen LogP contribution in [0.25, 0.3) is 0 Å². The molecule has 1 aromatic heterocycles. The third kappa shape index (κ3) is 1.98. The van der Waals surface area contributed by atoms with E-state index in [1.807, 2.05) is 0 Å². The predicted octanol–water partition coefficient (Wildman–Crippen LogP) is 2.12. The summed E-state index contributed by atoms with van der Waals surface area (Å²) >= 11 is 2.07. The molecule has 86 valence electrons. The zero-order valence-corrected chi connectivity index (χ0v) is 10.3. The number of fused-ring (bicyclic) bond motifs is 1. The highest BCUT2D eigenvalue weighted by molar-refractivity contribution is 7.99. The predicted molar refractivity (Wildman–Crippen MR) is 68.9 cm³/mol. The van der Waals surface area contributed by atoms with Gasteiger partial charge >= 0.3 is 0 Å². The van der Waals surface area contributed by atoms with Gasteiger partial charge in [0.1, 0.15) is 0 Å². The van der Waals surface area contributed by atoms with Crippen LogP contribution in [0.3, 0.4) is 0 Å². The normalized spacial score (nSPS) is 29.1. The van der Waals surface area contributed by atoms with E-state index in [9.17, 15) is 0 Å². The van der Waals surface area contributed by atoms with Gasteiger partial charge in [-0.3, -0.25) is 4.98 Å². The minimum atomic E-state index is 0.304. The molecule has 0 radical (unpaired) electrons. The van der Waals surface area contributed by atoms with Crippen molar-refractivity contribution in [2.75, 3.05) is 11.5 Å². The van der Waals surface area contributed by atoms with Crippen molar-refractivity contribution < 1.29 is 0 Å². The largest absolute Gasteiger partial charge is 0.327 e. The Morgan fingerprint density at radius 2 is 2.25 bits per heavy atom. The molecule has 2 atom stereocenters. The van der Waals surface area contributed by atoms with E-state index in [1.165, 1.54) is 41.3 Å². The van der Waals surface area contributed by atoms with Crippen LogP contribution in [0.1, 0.15) is 35.7 Å². The van der Waals surface area contributed by atoms with Crippen molar-refractivity contribution in [2.24, 2.45) is 5.73 Å². The van der Waals surface area contributed by atoms with Gasteiger partial charge < -0.3 is 5.73 Å². The molecule has 16 heavy (non-hydrogen) atoms. The number of nitrogens with zero attached hydrogens (tertiary/aromatic N) is 1. The van der Waals surface area contributed by atoms with Crippen molar-refractivity contribution >= 4 is 11.8 Å². The molecule has 1 aliphatic carbocycles. The highest BCUT2D eigenvalue weighted by Crippen LogP contribution is 2.31. The monoisotopic (exact) mass is 234 g/mol. The Balaban J connectivity index is 1.84. The molecule has 0 spiro atoms. The van der Waals surface area contributed by atoms with Crippen LogP contribution in [0, 0.1) is 0 Å². The quantitative estimate of drug-likeness (QED) is 0.809. The number of nitrogens with two attached hydrogens (primary N) is 1. The molecule has 2 nitrogen and oxygen atoms in total. The number of thioether (sulfide) groups is 1. The second kappa shape index (κ2) is 4.38. The molecule has 2 N–H and O–H groups in total. The van der Waals surface area contributed by atoms with E-state index in [0.29, 0.717) is 12.0 Å². The van der Waals surface area contributed by atoms with Crippen molar-refractivity contribution in [1.82, 2.24) is 4.98 Å².